The summed E-state index contributed by atoms with van der Waals surface area (Å²) in [4.78, 5) is 32.2. The molecule has 25 heavy (non-hydrogen) atoms. The monoisotopic (exact) mass is 364 g/mol. The Hall–Kier alpha value is -3.20. The van der Waals surface area contributed by atoms with E-state index in [1.165, 1.54) is 12.1 Å². The van der Waals surface area contributed by atoms with Gasteiger partial charge in [0.05, 0.1) is 15.9 Å². The molecule has 2 aromatic carbocycles. The van der Waals surface area contributed by atoms with Crippen LogP contribution in [0.1, 0.15) is 10.4 Å². The zero-order chi connectivity index (χ0) is 18.4. The van der Waals surface area contributed by atoms with E-state index in [1.807, 2.05) is 0 Å². The second kappa shape index (κ2) is 8.06. The van der Waals surface area contributed by atoms with E-state index in [9.17, 15) is 25.0 Å². The van der Waals surface area contributed by atoms with E-state index in [4.69, 9.17) is 11.6 Å². The number of nitro benzene ring substituents is 2. The minimum atomic E-state index is -0.707. The summed E-state index contributed by atoms with van der Waals surface area (Å²) >= 11 is 5.74. The molecule has 0 unspecified atom stereocenters. The number of anilines is 1. The number of carbonyl (C=O) groups excluding carboxylic acids is 1. The molecule has 0 spiro atoms. The lowest BCUT2D eigenvalue weighted by atomic mass is 10.2. The summed E-state index contributed by atoms with van der Waals surface area (Å²) in [7, 11) is 0. The maximum absolute atomic E-state index is 11.9. The van der Waals surface area contributed by atoms with E-state index in [0.29, 0.717) is 10.6 Å². The molecular weight excluding hydrogens is 352 g/mol. The maximum atomic E-state index is 11.9. The van der Waals surface area contributed by atoms with Crippen LogP contribution in [0.5, 0.6) is 0 Å². The van der Waals surface area contributed by atoms with Crippen molar-refractivity contribution in [2.45, 2.75) is 0 Å². The third-order valence-corrected chi connectivity index (χ3v) is 3.47. The first-order chi connectivity index (χ1) is 11.9. The highest BCUT2D eigenvalue weighted by molar-refractivity contribution is 6.30. The molecule has 0 bridgehead atoms. The molecule has 0 radical (unpaired) electrons. The summed E-state index contributed by atoms with van der Waals surface area (Å²) in [6, 6.07) is 9.65. The van der Waals surface area contributed by atoms with Crippen LogP contribution in [0, 0.1) is 20.2 Å². The van der Waals surface area contributed by atoms with E-state index < -0.39 is 15.5 Å². The number of halogens is 1. The SMILES string of the molecule is O=C(NCCNc1ccc([N+](=O)[O-])cc1[N+](=O)[O-])c1ccc(Cl)cc1. The second-order valence-corrected chi connectivity index (χ2v) is 5.34. The molecule has 0 atom stereocenters. The number of amides is 1. The molecule has 0 fully saturated rings. The average Bonchev–Trinajstić information content (AvgIpc) is 2.58. The maximum Gasteiger partial charge on any atom is 0.299 e. The van der Waals surface area contributed by atoms with Crippen LogP contribution >= 0.6 is 11.6 Å². The van der Waals surface area contributed by atoms with Crippen molar-refractivity contribution in [2.24, 2.45) is 0 Å². The first-order valence-electron chi connectivity index (χ1n) is 7.09. The molecule has 10 heteroatoms. The van der Waals surface area contributed by atoms with E-state index in [2.05, 4.69) is 10.6 Å². The summed E-state index contributed by atoms with van der Waals surface area (Å²) in [5, 5.41) is 27.6. The Bertz CT molecular complexity index is 810. The molecule has 1 amide bonds. The van der Waals surface area contributed by atoms with Crippen LogP contribution < -0.4 is 10.6 Å². The van der Waals surface area contributed by atoms with Crippen LogP contribution in [-0.4, -0.2) is 28.8 Å². The highest BCUT2D eigenvalue weighted by atomic mass is 35.5. The Morgan fingerprint density at radius 1 is 1.00 bits per heavy atom. The van der Waals surface area contributed by atoms with Gasteiger partial charge in [-0.05, 0) is 30.3 Å². The smallest absolute Gasteiger partial charge is 0.299 e. The van der Waals surface area contributed by atoms with E-state index in [0.717, 1.165) is 6.07 Å². The first-order valence-corrected chi connectivity index (χ1v) is 7.47. The van der Waals surface area contributed by atoms with Crippen molar-refractivity contribution in [3.05, 3.63) is 73.3 Å². The Morgan fingerprint density at radius 2 is 1.68 bits per heavy atom. The summed E-state index contributed by atoms with van der Waals surface area (Å²) in [6.07, 6.45) is 0. The number of hydrogen-bond donors (Lipinski definition) is 2. The molecule has 0 saturated carbocycles. The normalized spacial score (nSPS) is 10.1. The first kappa shape index (κ1) is 18.1. The van der Waals surface area contributed by atoms with Gasteiger partial charge in [0.15, 0.2) is 0 Å². The predicted octanol–water partition coefficient (Wildman–Crippen LogP) is 3.00. The van der Waals surface area contributed by atoms with Crippen LogP contribution in [0.4, 0.5) is 17.1 Å². The highest BCUT2D eigenvalue weighted by Gasteiger charge is 2.19. The number of nitro groups is 2. The van der Waals surface area contributed by atoms with Crippen LogP contribution in [0.25, 0.3) is 0 Å². The van der Waals surface area contributed by atoms with Gasteiger partial charge in [0.25, 0.3) is 17.3 Å². The zero-order valence-corrected chi connectivity index (χ0v) is 13.5. The van der Waals surface area contributed by atoms with Gasteiger partial charge in [-0.2, -0.15) is 0 Å². The van der Waals surface area contributed by atoms with Crippen LogP contribution in [0.3, 0.4) is 0 Å². The predicted molar refractivity (Wildman–Crippen MR) is 92.0 cm³/mol. The molecule has 9 nitrogen and oxygen atoms in total. The van der Waals surface area contributed by atoms with Gasteiger partial charge in [-0.1, -0.05) is 11.6 Å². The number of nitrogens with zero attached hydrogens (tertiary/aromatic N) is 2. The van der Waals surface area contributed by atoms with Crippen molar-refractivity contribution >= 4 is 34.6 Å². The van der Waals surface area contributed by atoms with Gasteiger partial charge in [0.1, 0.15) is 5.69 Å². The largest absolute Gasteiger partial charge is 0.378 e. The van der Waals surface area contributed by atoms with Gasteiger partial charge in [-0.3, -0.25) is 25.0 Å². The molecule has 2 N–H and O–H groups in total. The molecule has 2 rings (SSSR count). The highest BCUT2D eigenvalue weighted by Crippen LogP contribution is 2.28. The fourth-order valence-corrected chi connectivity index (χ4v) is 2.14. The van der Waals surface area contributed by atoms with Crippen molar-refractivity contribution in [2.75, 3.05) is 18.4 Å². The summed E-state index contributed by atoms with van der Waals surface area (Å²) in [6.45, 7) is 0.410. The topological polar surface area (TPSA) is 127 Å². The van der Waals surface area contributed by atoms with Crippen LogP contribution in [0.15, 0.2) is 42.5 Å². The molecule has 2 aromatic rings. The van der Waals surface area contributed by atoms with Gasteiger partial charge in [-0.25, -0.2) is 0 Å². The Morgan fingerprint density at radius 3 is 2.28 bits per heavy atom. The number of hydrogen-bond acceptors (Lipinski definition) is 6. The fourth-order valence-electron chi connectivity index (χ4n) is 2.01. The Kier molecular flexibility index (Phi) is 5.85. The Labute approximate surface area is 146 Å². The molecular formula is C15H13ClN4O5. The van der Waals surface area contributed by atoms with E-state index >= 15 is 0 Å². The van der Waals surface area contributed by atoms with Crippen molar-refractivity contribution in [1.29, 1.82) is 0 Å². The number of nitrogens with one attached hydrogen (secondary N) is 2. The van der Waals surface area contributed by atoms with E-state index in [-0.39, 0.29) is 30.4 Å². The van der Waals surface area contributed by atoms with Crippen LogP contribution in [-0.2, 0) is 0 Å². The molecule has 0 aliphatic rings. The standard InChI is InChI=1S/C15H13ClN4O5/c16-11-3-1-10(2-4-11)15(21)18-8-7-17-13-6-5-12(19(22)23)9-14(13)20(24)25/h1-6,9,17H,7-8H2,(H,18,21). The molecule has 0 aromatic heterocycles. The van der Waals surface area contributed by atoms with Gasteiger partial charge in [0, 0.05) is 29.7 Å². The quantitative estimate of drug-likeness (QED) is 0.441. The van der Waals surface area contributed by atoms with Crippen LogP contribution in [0.2, 0.25) is 5.02 Å². The van der Waals surface area contributed by atoms with Gasteiger partial charge >= 0.3 is 0 Å². The fraction of sp³-hybridized carbons (Fsp3) is 0.133. The van der Waals surface area contributed by atoms with Crippen molar-refractivity contribution in [3.63, 3.8) is 0 Å². The van der Waals surface area contributed by atoms with Gasteiger partial charge < -0.3 is 10.6 Å². The third kappa shape index (κ3) is 4.88. The van der Waals surface area contributed by atoms with Gasteiger partial charge in [-0.15, -0.1) is 0 Å². The number of non-ortho nitro benzene ring substituents is 1. The minimum absolute atomic E-state index is 0.136. The average molecular weight is 365 g/mol. The Balaban J connectivity index is 1.93. The third-order valence-electron chi connectivity index (χ3n) is 3.22. The van der Waals surface area contributed by atoms with Crippen molar-refractivity contribution in [1.82, 2.24) is 5.32 Å². The lowest BCUT2D eigenvalue weighted by Crippen LogP contribution is -2.28. The zero-order valence-electron chi connectivity index (χ0n) is 12.8. The van der Waals surface area contributed by atoms with Crippen molar-refractivity contribution < 1.29 is 14.6 Å². The lowest BCUT2D eigenvalue weighted by molar-refractivity contribution is -0.393. The molecule has 0 aliphatic carbocycles. The molecule has 0 aliphatic heterocycles. The number of benzene rings is 2. The van der Waals surface area contributed by atoms with Crippen molar-refractivity contribution in [3.8, 4) is 0 Å². The summed E-state index contributed by atoms with van der Waals surface area (Å²) < 4.78 is 0. The lowest BCUT2D eigenvalue weighted by Gasteiger charge is -2.08. The molecule has 130 valence electrons. The van der Waals surface area contributed by atoms with Gasteiger partial charge in [0.2, 0.25) is 0 Å². The number of carbonyl (C=O) groups is 1. The van der Waals surface area contributed by atoms with E-state index in [1.54, 1.807) is 24.3 Å². The number of rotatable bonds is 7. The second-order valence-electron chi connectivity index (χ2n) is 4.91. The summed E-state index contributed by atoms with van der Waals surface area (Å²) in [5.74, 6) is -0.309. The molecule has 0 saturated heterocycles. The minimum Gasteiger partial charge on any atom is -0.378 e. The molecule has 0 heterocycles. The summed E-state index contributed by atoms with van der Waals surface area (Å²) in [5.41, 5.74) is -0.200.